The normalized spacial score (nSPS) is 14.0. The molecule has 0 aromatic heterocycles. The fourth-order valence-corrected chi connectivity index (χ4v) is 5.42. The Morgan fingerprint density at radius 1 is 0.838 bits per heavy atom. The molecule has 5 nitrogen and oxygen atoms in total. The van der Waals surface area contributed by atoms with Crippen LogP contribution in [0.5, 0.6) is 5.75 Å². The van der Waals surface area contributed by atoms with E-state index in [1.54, 1.807) is 12.1 Å². The molecule has 0 fully saturated rings. The van der Waals surface area contributed by atoms with Gasteiger partial charge in [-0.25, -0.2) is 9.59 Å². The number of esters is 2. The van der Waals surface area contributed by atoms with Crippen LogP contribution < -0.4 is 4.74 Å². The second-order valence-corrected chi connectivity index (χ2v) is 10.1. The Morgan fingerprint density at radius 3 is 2.19 bits per heavy atom. The van der Waals surface area contributed by atoms with E-state index < -0.39 is 17.4 Å². The number of hydrogen-bond donors (Lipinski definition) is 0. The lowest BCUT2D eigenvalue weighted by Crippen LogP contribution is -2.38. The van der Waals surface area contributed by atoms with Gasteiger partial charge in [-0.1, -0.05) is 54.6 Å². The van der Waals surface area contributed by atoms with E-state index in [1.165, 1.54) is 0 Å². The van der Waals surface area contributed by atoms with Crippen molar-refractivity contribution < 1.29 is 23.6 Å². The number of carbonyl (C=O) groups excluding carboxylic acids is 2. The van der Waals surface area contributed by atoms with Crippen molar-refractivity contribution in [1.82, 2.24) is 0 Å². The number of fused-ring (bicyclic) bond motifs is 3. The number of hydrogen-bond acceptors (Lipinski definition) is 4. The lowest BCUT2D eigenvalue weighted by molar-refractivity contribution is -0.402. The molecule has 0 saturated heterocycles. The SMILES string of the molecule is Cc1cc(C(=O)OCc2ccccc2)cc(C)c1OC(=O)C1=[N+](C)c2ccc3ccccc3c2C1(C)C. The standard InChI is InChI=1S/C32H30NO4/c1-20-17-24(30(34)36-19-22-11-7-6-8-12-22)18-21(2)28(20)37-31(35)29-32(3,4)27-25-14-10-9-13-23(25)15-16-26(27)33(29)5/h6-18H,19H2,1-5H3/q+1. The Kier molecular flexibility index (Phi) is 6.16. The van der Waals surface area contributed by atoms with Gasteiger partial charge in [0.05, 0.1) is 11.0 Å². The molecule has 4 aromatic rings. The number of aryl methyl sites for hydroxylation is 2. The smallest absolute Gasteiger partial charge is 0.405 e. The molecule has 1 aliphatic heterocycles. The summed E-state index contributed by atoms with van der Waals surface area (Å²) < 4.78 is 13.4. The molecular formula is C32H30NO4+. The van der Waals surface area contributed by atoms with Crippen LogP contribution in [0, 0.1) is 13.8 Å². The highest BCUT2D eigenvalue weighted by Gasteiger charge is 2.50. The molecule has 0 aliphatic carbocycles. The van der Waals surface area contributed by atoms with Gasteiger partial charge in [-0.05, 0) is 73.4 Å². The van der Waals surface area contributed by atoms with Gasteiger partial charge in [-0.2, -0.15) is 4.58 Å². The summed E-state index contributed by atoms with van der Waals surface area (Å²) in [5.74, 6) is -0.359. The summed E-state index contributed by atoms with van der Waals surface area (Å²) in [5, 5.41) is 2.27. The number of rotatable bonds is 5. The van der Waals surface area contributed by atoms with Gasteiger partial charge in [0, 0.05) is 11.6 Å². The van der Waals surface area contributed by atoms with Gasteiger partial charge in [-0.15, -0.1) is 0 Å². The van der Waals surface area contributed by atoms with Crippen LogP contribution in [-0.4, -0.2) is 29.3 Å². The van der Waals surface area contributed by atoms with Crippen molar-refractivity contribution in [2.45, 2.75) is 39.7 Å². The van der Waals surface area contributed by atoms with Gasteiger partial charge in [0.25, 0.3) is 5.71 Å². The zero-order chi connectivity index (χ0) is 26.3. The first kappa shape index (κ1) is 24.4. The monoisotopic (exact) mass is 492 g/mol. The van der Waals surface area contributed by atoms with Crippen LogP contribution >= 0.6 is 0 Å². The summed E-state index contributed by atoms with van der Waals surface area (Å²) in [6.07, 6.45) is 0. The molecule has 1 aliphatic rings. The number of ether oxygens (including phenoxy) is 2. The first-order chi connectivity index (χ1) is 17.7. The van der Waals surface area contributed by atoms with Crippen LogP contribution in [0.2, 0.25) is 0 Å². The highest BCUT2D eigenvalue weighted by atomic mass is 16.5. The molecule has 186 valence electrons. The maximum absolute atomic E-state index is 13.6. The zero-order valence-corrected chi connectivity index (χ0v) is 21.8. The summed E-state index contributed by atoms with van der Waals surface area (Å²) >= 11 is 0. The summed E-state index contributed by atoms with van der Waals surface area (Å²) in [5.41, 5.74) is 4.88. The first-order valence-electron chi connectivity index (χ1n) is 12.4. The summed E-state index contributed by atoms with van der Waals surface area (Å²) in [4.78, 5) is 26.3. The molecular weight excluding hydrogens is 462 g/mol. The highest BCUT2D eigenvalue weighted by molar-refractivity contribution is 6.40. The maximum atomic E-state index is 13.6. The molecule has 0 amide bonds. The van der Waals surface area contributed by atoms with E-state index in [0.29, 0.717) is 28.2 Å². The van der Waals surface area contributed by atoms with Crippen molar-refractivity contribution in [3.63, 3.8) is 0 Å². The van der Waals surface area contributed by atoms with E-state index >= 15 is 0 Å². The van der Waals surface area contributed by atoms with Crippen molar-refractivity contribution in [1.29, 1.82) is 0 Å². The number of carbonyl (C=O) groups is 2. The second kappa shape index (κ2) is 9.32. The third kappa shape index (κ3) is 4.31. The topological polar surface area (TPSA) is 55.6 Å². The number of nitrogens with zero attached hydrogens (tertiary/aromatic N) is 1. The van der Waals surface area contributed by atoms with Crippen molar-refractivity contribution >= 4 is 34.1 Å². The van der Waals surface area contributed by atoms with Gasteiger partial charge in [0.2, 0.25) is 5.69 Å². The average molecular weight is 493 g/mol. The Balaban J connectivity index is 1.40. The largest absolute Gasteiger partial charge is 0.457 e. The van der Waals surface area contributed by atoms with Crippen LogP contribution in [0.4, 0.5) is 5.69 Å². The summed E-state index contributed by atoms with van der Waals surface area (Å²) in [6.45, 7) is 7.98. The molecule has 37 heavy (non-hydrogen) atoms. The maximum Gasteiger partial charge on any atom is 0.405 e. The fraction of sp³-hybridized carbons (Fsp3) is 0.219. The molecule has 5 rings (SSSR count). The predicted octanol–water partition coefficient (Wildman–Crippen LogP) is 6.43. The minimum atomic E-state index is -0.551. The predicted molar refractivity (Wildman–Crippen MR) is 145 cm³/mol. The molecule has 0 bridgehead atoms. The molecule has 0 N–H and O–H groups in total. The lowest BCUT2D eigenvalue weighted by Gasteiger charge is -2.19. The third-order valence-electron chi connectivity index (χ3n) is 7.12. The van der Waals surface area contributed by atoms with E-state index in [2.05, 4.69) is 38.1 Å². The summed E-state index contributed by atoms with van der Waals surface area (Å²) in [7, 11) is 1.91. The van der Waals surface area contributed by atoms with E-state index in [0.717, 1.165) is 27.6 Å². The quantitative estimate of drug-likeness (QED) is 0.183. The molecule has 0 radical (unpaired) electrons. The zero-order valence-electron chi connectivity index (χ0n) is 21.8. The average Bonchev–Trinajstić information content (AvgIpc) is 3.10. The van der Waals surface area contributed by atoms with Gasteiger partial charge < -0.3 is 9.47 Å². The molecule has 1 heterocycles. The van der Waals surface area contributed by atoms with Crippen LogP contribution in [0.1, 0.15) is 46.5 Å². The molecule has 5 heteroatoms. The van der Waals surface area contributed by atoms with Gasteiger partial charge >= 0.3 is 11.9 Å². The lowest BCUT2D eigenvalue weighted by atomic mass is 9.79. The minimum Gasteiger partial charge on any atom is -0.457 e. The fourth-order valence-electron chi connectivity index (χ4n) is 5.42. The Morgan fingerprint density at radius 2 is 1.49 bits per heavy atom. The molecule has 0 atom stereocenters. The summed E-state index contributed by atoms with van der Waals surface area (Å²) in [6, 6.07) is 25.3. The molecule has 0 unspecified atom stereocenters. The van der Waals surface area contributed by atoms with Gasteiger partial charge in [0.1, 0.15) is 19.4 Å². The van der Waals surface area contributed by atoms with Gasteiger partial charge in [0.15, 0.2) is 0 Å². The minimum absolute atomic E-state index is 0.198. The van der Waals surface area contributed by atoms with E-state index in [1.807, 2.05) is 67.9 Å². The molecule has 0 spiro atoms. The van der Waals surface area contributed by atoms with Gasteiger partial charge in [-0.3, -0.25) is 0 Å². The van der Waals surface area contributed by atoms with Crippen molar-refractivity contribution in [2.24, 2.45) is 0 Å². The van der Waals surface area contributed by atoms with Crippen LogP contribution in [0.3, 0.4) is 0 Å². The highest BCUT2D eigenvalue weighted by Crippen LogP contribution is 2.43. The molecule has 0 saturated carbocycles. The third-order valence-corrected chi connectivity index (χ3v) is 7.12. The van der Waals surface area contributed by atoms with E-state index in [-0.39, 0.29) is 6.61 Å². The van der Waals surface area contributed by atoms with Crippen molar-refractivity contribution in [2.75, 3.05) is 7.05 Å². The first-order valence-corrected chi connectivity index (χ1v) is 12.4. The van der Waals surface area contributed by atoms with Crippen LogP contribution in [0.15, 0.2) is 78.9 Å². The van der Waals surface area contributed by atoms with Crippen LogP contribution in [0.25, 0.3) is 10.8 Å². The Hall–Kier alpha value is -4.25. The number of benzene rings is 4. The second-order valence-electron chi connectivity index (χ2n) is 10.1. The van der Waals surface area contributed by atoms with E-state index in [9.17, 15) is 9.59 Å². The Labute approximate surface area is 217 Å². The molecule has 4 aromatic carbocycles. The van der Waals surface area contributed by atoms with Crippen LogP contribution in [-0.2, 0) is 21.6 Å². The van der Waals surface area contributed by atoms with Crippen molar-refractivity contribution in [3.8, 4) is 5.75 Å². The van der Waals surface area contributed by atoms with Crippen molar-refractivity contribution in [3.05, 3.63) is 107 Å². The van der Waals surface area contributed by atoms with E-state index in [4.69, 9.17) is 9.47 Å². The Bertz CT molecular complexity index is 1560.